The third-order valence-electron chi connectivity index (χ3n) is 8.08. The van der Waals surface area contributed by atoms with Crippen molar-refractivity contribution < 1.29 is 0 Å². The SMILES string of the molecule is CCCCCCCCc1cc2c(ccc3c4c(ccc32)C2C=Cc3sc(C)cc3C2(C)C=C4)s1. The second-order valence-electron chi connectivity index (χ2n) is 10.5. The van der Waals surface area contributed by atoms with Crippen molar-refractivity contribution in [1.29, 1.82) is 0 Å². The highest BCUT2D eigenvalue weighted by Crippen LogP contribution is 2.53. The predicted molar refractivity (Wildman–Crippen MR) is 154 cm³/mol. The number of fused-ring (bicyclic) bond motifs is 9. The molecule has 0 saturated carbocycles. The van der Waals surface area contributed by atoms with E-state index in [0.29, 0.717) is 5.92 Å². The number of unbranched alkanes of at least 4 members (excludes halogenated alkanes) is 5. The van der Waals surface area contributed by atoms with Gasteiger partial charge < -0.3 is 0 Å². The summed E-state index contributed by atoms with van der Waals surface area (Å²) in [5.41, 5.74) is 4.44. The smallest absolute Gasteiger partial charge is 0.0352 e. The van der Waals surface area contributed by atoms with Gasteiger partial charge in [0.1, 0.15) is 0 Å². The van der Waals surface area contributed by atoms with Crippen LogP contribution in [-0.2, 0) is 11.8 Å². The van der Waals surface area contributed by atoms with Crippen LogP contribution in [-0.4, -0.2) is 0 Å². The van der Waals surface area contributed by atoms with Crippen LogP contribution in [0.4, 0.5) is 0 Å². The maximum atomic E-state index is 2.48. The zero-order chi connectivity index (χ0) is 23.3. The molecule has 0 bridgehead atoms. The largest absolute Gasteiger partial charge is 0.141 e. The van der Waals surface area contributed by atoms with E-state index in [1.54, 1.807) is 4.88 Å². The highest BCUT2D eigenvalue weighted by Gasteiger charge is 2.41. The Labute approximate surface area is 212 Å². The van der Waals surface area contributed by atoms with E-state index in [1.807, 2.05) is 22.7 Å². The standard InChI is InChI=1S/C32H34S2/c1-4-5-6-7-8-9-10-22-20-27-24-11-12-26-25(23(24)13-15-30(27)34-22)17-18-32(3)28(26)14-16-31-29(32)19-21(2)33-31/h11-20,28H,4-10H2,1-3H3. The van der Waals surface area contributed by atoms with Crippen molar-refractivity contribution >= 4 is 55.7 Å². The van der Waals surface area contributed by atoms with Crippen LogP contribution < -0.4 is 0 Å². The quantitative estimate of drug-likeness (QED) is 0.230. The van der Waals surface area contributed by atoms with Crippen LogP contribution >= 0.6 is 22.7 Å². The number of rotatable bonds is 7. The molecule has 2 aromatic carbocycles. The number of thiophene rings is 2. The van der Waals surface area contributed by atoms with E-state index in [2.05, 4.69) is 81.5 Å². The van der Waals surface area contributed by atoms with Gasteiger partial charge in [-0.3, -0.25) is 0 Å². The van der Waals surface area contributed by atoms with E-state index in [-0.39, 0.29) is 5.41 Å². The fraction of sp³-hybridized carbons (Fsp3) is 0.375. The number of aryl methyl sites for hydroxylation is 2. The summed E-state index contributed by atoms with van der Waals surface area (Å²) in [6, 6.07) is 14.5. The van der Waals surface area contributed by atoms with Gasteiger partial charge in [-0.15, -0.1) is 22.7 Å². The van der Waals surface area contributed by atoms with Crippen molar-refractivity contribution in [1.82, 2.24) is 0 Å². The molecule has 34 heavy (non-hydrogen) atoms. The van der Waals surface area contributed by atoms with Crippen LogP contribution in [0.3, 0.4) is 0 Å². The average Bonchev–Trinajstić information content (AvgIpc) is 3.43. The Bertz CT molecular complexity index is 1430. The minimum absolute atomic E-state index is 0.0479. The van der Waals surface area contributed by atoms with E-state index in [1.165, 1.54) is 92.2 Å². The van der Waals surface area contributed by atoms with Crippen molar-refractivity contribution in [2.45, 2.75) is 77.0 Å². The summed E-state index contributed by atoms with van der Waals surface area (Å²) >= 11 is 3.92. The lowest BCUT2D eigenvalue weighted by atomic mass is 9.63. The number of allylic oxidation sites excluding steroid dienone is 2. The van der Waals surface area contributed by atoms with Gasteiger partial charge in [0.2, 0.25) is 0 Å². The second kappa shape index (κ2) is 8.81. The van der Waals surface area contributed by atoms with Crippen LogP contribution in [0.5, 0.6) is 0 Å². The first-order valence-electron chi connectivity index (χ1n) is 13.0. The van der Waals surface area contributed by atoms with Gasteiger partial charge in [-0.25, -0.2) is 0 Å². The number of hydrogen-bond donors (Lipinski definition) is 0. The van der Waals surface area contributed by atoms with E-state index >= 15 is 0 Å². The van der Waals surface area contributed by atoms with E-state index in [0.717, 1.165) is 0 Å². The van der Waals surface area contributed by atoms with Gasteiger partial charge in [0, 0.05) is 36.1 Å². The van der Waals surface area contributed by atoms with Crippen molar-refractivity contribution in [3.05, 3.63) is 79.9 Å². The van der Waals surface area contributed by atoms with Crippen LogP contribution in [0, 0.1) is 6.92 Å². The molecule has 2 heterocycles. The first-order valence-corrected chi connectivity index (χ1v) is 14.7. The lowest BCUT2D eigenvalue weighted by Gasteiger charge is -2.40. The van der Waals surface area contributed by atoms with Crippen LogP contribution in [0.2, 0.25) is 0 Å². The van der Waals surface area contributed by atoms with Gasteiger partial charge in [-0.05, 0) is 71.5 Å². The van der Waals surface area contributed by atoms with Crippen LogP contribution in [0.25, 0.3) is 33.0 Å². The third-order valence-corrected chi connectivity index (χ3v) is 10.3. The predicted octanol–water partition coefficient (Wildman–Crippen LogP) is 10.4. The van der Waals surface area contributed by atoms with E-state index < -0.39 is 0 Å². The van der Waals surface area contributed by atoms with Crippen molar-refractivity contribution in [3.63, 3.8) is 0 Å². The summed E-state index contributed by atoms with van der Waals surface area (Å²) in [4.78, 5) is 4.39. The fourth-order valence-electron chi connectivity index (χ4n) is 6.18. The zero-order valence-electron chi connectivity index (χ0n) is 20.6. The van der Waals surface area contributed by atoms with E-state index in [9.17, 15) is 0 Å². The molecule has 174 valence electrons. The molecule has 0 N–H and O–H groups in total. The number of hydrogen-bond acceptors (Lipinski definition) is 2. The van der Waals surface area contributed by atoms with Crippen LogP contribution in [0.1, 0.15) is 89.6 Å². The molecular formula is C32H34S2. The molecule has 2 atom stereocenters. The Morgan fingerprint density at radius 3 is 2.56 bits per heavy atom. The lowest BCUT2D eigenvalue weighted by molar-refractivity contribution is 0.523. The van der Waals surface area contributed by atoms with E-state index in [4.69, 9.17) is 0 Å². The summed E-state index contributed by atoms with van der Waals surface area (Å²) in [5.74, 6) is 0.403. The molecule has 4 aromatic rings. The summed E-state index contributed by atoms with van der Waals surface area (Å²) in [6.07, 6.45) is 19.1. The summed E-state index contributed by atoms with van der Waals surface area (Å²) in [6.45, 7) is 6.95. The zero-order valence-corrected chi connectivity index (χ0v) is 22.3. The van der Waals surface area contributed by atoms with Crippen molar-refractivity contribution in [3.8, 4) is 0 Å². The van der Waals surface area contributed by atoms with Crippen LogP contribution in [0.15, 0.2) is 48.6 Å². The Morgan fingerprint density at radius 2 is 1.68 bits per heavy atom. The molecule has 2 aromatic heterocycles. The highest BCUT2D eigenvalue weighted by molar-refractivity contribution is 7.19. The topological polar surface area (TPSA) is 0 Å². The molecule has 2 heteroatoms. The maximum absolute atomic E-state index is 2.48. The Kier molecular flexibility index (Phi) is 5.78. The third kappa shape index (κ3) is 3.62. The molecule has 2 aliphatic carbocycles. The Hall–Kier alpha value is -2.16. The molecule has 0 saturated heterocycles. The first-order chi connectivity index (χ1) is 16.6. The normalized spacial score (nSPS) is 20.6. The highest BCUT2D eigenvalue weighted by atomic mass is 32.1. The molecule has 0 aliphatic heterocycles. The minimum atomic E-state index is 0.0479. The fourth-order valence-corrected chi connectivity index (χ4v) is 8.36. The van der Waals surface area contributed by atoms with Gasteiger partial charge in [-0.1, -0.05) is 82.4 Å². The summed E-state index contributed by atoms with van der Waals surface area (Å²) in [7, 11) is 0. The number of benzene rings is 2. The Balaban J connectivity index is 1.33. The molecular weight excluding hydrogens is 448 g/mol. The lowest BCUT2D eigenvalue weighted by Crippen LogP contribution is -2.31. The molecule has 2 unspecified atom stereocenters. The minimum Gasteiger partial charge on any atom is -0.141 e. The van der Waals surface area contributed by atoms with Gasteiger partial charge in [-0.2, -0.15) is 0 Å². The molecule has 0 radical (unpaired) electrons. The van der Waals surface area contributed by atoms with Gasteiger partial charge in [0.05, 0.1) is 0 Å². The molecule has 0 spiro atoms. The second-order valence-corrected chi connectivity index (χ2v) is 12.9. The first kappa shape index (κ1) is 22.3. The summed E-state index contributed by atoms with van der Waals surface area (Å²) < 4.78 is 1.44. The van der Waals surface area contributed by atoms with Gasteiger partial charge >= 0.3 is 0 Å². The van der Waals surface area contributed by atoms with Crippen molar-refractivity contribution in [2.24, 2.45) is 0 Å². The molecule has 0 nitrogen and oxygen atoms in total. The Morgan fingerprint density at radius 1 is 0.853 bits per heavy atom. The van der Waals surface area contributed by atoms with Crippen molar-refractivity contribution in [2.75, 3.05) is 0 Å². The average molecular weight is 483 g/mol. The molecule has 6 rings (SSSR count). The molecule has 2 aliphatic rings. The monoisotopic (exact) mass is 482 g/mol. The van der Waals surface area contributed by atoms with Gasteiger partial charge in [0.25, 0.3) is 0 Å². The van der Waals surface area contributed by atoms with Gasteiger partial charge in [0.15, 0.2) is 0 Å². The summed E-state index contributed by atoms with van der Waals surface area (Å²) in [5, 5.41) is 4.28. The molecule has 0 fully saturated rings. The molecule has 0 amide bonds. The maximum Gasteiger partial charge on any atom is 0.0352 e.